The first kappa shape index (κ1) is 13.5. The predicted octanol–water partition coefficient (Wildman–Crippen LogP) is 1.08. The molecule has 0 aliphatic heterocycles. The standard InChI is InChI=1S/C12H23NO3/c1-10(2)16-11(15)7-13-8-12(9-14)5-3-4-6-12/h10,13-14H,3-9H2,1-2H3. The first-order valence-corrected chi connectivity index (χ1v) is 6.09. The van der Waals surface area contributed by atoms with E-state index in [0.717, 1.165) is 12.8 Å². The zero-order chi connectivity index (χ0) is 12.0. The van der Waals surface area contributed by atoms with Crippen LogP contribution in [0.1, 0.15) is 39.5 Å². The summed E-state index contributed by atoms with van der Waals surface area (Å²) >= 11 is 0. The highest BCUT2D eigenvalue weighted by Crippen LogP contribution is 2.36. The van der Waals surface area contributed by atoms with Crippen LogP contribution in [0, 0.1) is 5.41 Å². The number of carbonyl (C=O) groups excluding carboxylic acids is 1. The van der Waals surface area contributed by atoms with Crippen LogP contribution in [0.15, 0.2) is 0 Å². The molecule has 1 fully saturated rings. The Morgan fingerprint density at radius 2 is 2.06 bits per heavy atom. The topological polar surface area (TPSA) is 58.6 Å². The smallest absolute Gasteiger partial charge is 0.320 e. The molecular formula is C12H23NO3. The van der Waals surface area contributed by atoms with E-state index >= 15 is 0 Å². The summed E-state index contributed by atoms with van der Waals surface area (Å²) in [4.78, 5) is 11.3. The molecule has 1 aliphatic rings. The number of ether oxygens (including phenoxy) is 1. The van der Waals surface area contributed by atoms with E-state index in [2.05, 4.69) is 5.32 Å². The van der Waals surface area contributed by atoms with Crippen LogP contribution in [0.5, 0.6) is 0 Å². The molecule has 0 unspecified atom stereocenters. The molecule has 2 N–H and O–H groups in total. The van der Waals surface area contributed by atoms with E-state index < -0.39 is 0 Å². The number of rotatable bonds is 6. The average Bonchev–Trinajstić information content (AvgIpc) is 2.66. The highest BCUT2D eigenvalue weighted by Gasteiger charge is 2.32. The van der Waals surface area contributed by atoms with Gasteiger partial charge in [0, 0.05) is 18.6 Å². The van der Waals surface area contributed by atoms with Crippen molar-refractivity contribution in [3.05, 3.63) is 0 Å². The normalized spacial score (nSPS) is 19.0. The minimum Gasteiger partial charge on any atom is -0.462 e. The lowest BCUT2D eigenvalue weighted by Gasteiger charge is -2.26. The number of carbonyl (C=O) groups is 1. The van der Waals surface area contributed by atoms with Crippen molar-refractivity contribution in [2.75, 3.05) is 19.7 Å². The Morgan fingerprint density at radius 1 is 1.44 bits per heavy atom. The molecule has 0 bridgehead atoms. The Morgan fingerprint density at radius 3 is 2.56 bits per heavy atom. The van der Waals surface area contributed by atoms with Gasteiger partial charge in [-0.15, -0.1) is 0 Å². The number of aliphatic hydroxyl groups is 1. The van der Waals surface area contributed by atoms with Gasteiger partial charge in [0.05, 0.1) is 12.6 Å². The molecule has 0 radical (unpaired) electrons. The Kier molecular flexibility index (Phi) is 5.22. The van der Waals surface area contributed by atoms with Gasteiger partial charge in [-0.1, -0.05) is 12.8 Å². The van der Waals surface area contributed by atoms with Crippen molar-refractivity contribution in [1.29, 1.82) is 0 Å². The molecule has 0 aromatic heterocycles. The summed E-state index contributed by atoms with van der Waals surface area (Å²) in [5.41, 5.74) is -0.00187. The Labute approximate surface area is 97.4 Å². The lowest BCUT2D eigenvalue weighted by molar-refractivity contribution is -0.146. The van der Waals surface area contributed by atoms with Gasteiger partial charge in [-0.05, 0) is 26.7 Å². The zero-order valence-electron chi connectivity index (χ0n) is 10.3. The summed E-state index contributed by atoms with van der Waals surface area (Å²) in [5, 5.41) is 12.5. The third-order valence-corrected chi connectivity index (χ3v) is 3.14. The van der Waals surface area contributed by atoms with Crippen LogP contribution in [0.4, 0.5) is 0 Å². The maximum absolute atomic E-state index is 11.3. The Bertz CT molecular complexity index is 222. The van der Waals surface area contributed by atoms with Crippen molar-refractivity contribution in [2.24, 2.45) is 5.41 Å². The van der Waals surface area contributed by atoms with Crippen LogP contribution in [0.25, 0.3) is 0 Å². The number of esters is 1. The van der Waals surface area contributed by atoms with Crippen molar-refractivity contribution in [1.82, 2.24) is 5.32 Å². The first-order chi connectivity index (χ1) is 7.58. The van der Waals surface area contributed by atoms with E-state index in [-0.39, 0.29) is 30.6 Å². The summed E-state index contributed by atoms with van der Waals surface area (Å²) in [6, 6.07) is 0. The molecule has 1 rings (SSSR count). The second-order valence-electron chi connectivity index (χ2n) is 5.01. The largest absolute Gasteiger partial charge is 0.462 e. The molecule has 1 saturated carbocycles. The molecule has 94 valence electrons. The summed E-state index contributed by atoms with van der Waals surface area (Å²) in [6.07, 6.45) is 4.40. The molecule has 16 heavy (non-hydrogen) atoms. The quantitative estimate of drug-likeness (QED) is 0.669. The fourth-order valence-electron chi connectivity index (χ4n) is 2.25. The lowest BCUT2D eigenvalue weighted by atomic mass is 9.87. The minimum atomic E-state index is -0.221. The highest BCUT2D eigenvalue weighted by atomic mass is 16.5. The van der Waals surface area contributed by atoms with Crippen molar-refractivity contribution in [3.63, 3.8) is 0 Å². The molecule has 0 saturated heterocycles. The van der Waals surface area contributed by atoms with E-state index in [4.69, 9.17) is 4.74 Å². The SMILES string of the molecule is CC(C)OC(=O)CNCC1(CO)CCCC1. The lowest BCUT2D eigenvalue weighted by Crippen LogP contribution is -2.38. The van der Waals surface area contributed by atoms with E-state index in [0.29, 0.717) is 6.54 Å². The van der Waals surface area contributed by atoms with Crippen LogP contribution in [0.2, 0.25) is 0 Å². The number of hydrogen-bond donors (Lipinski definition) is 2. The van der Waals surface area contributed by atoms with Crippen LogP contribution in [0.3, 0.4) is 0 Å². The van der Waals surface area contributed by atoms with E-state index in [1.165, 1.54) is 12.8 Å². The molecule has 0 amide bonds. The Hall–Kier alpha value is -0.610. The van der Waals surface area contributed by atoms with Gasteiger partial charge in [0.2, 0.25) is 0 Å². The van der Waals surface area contributed by atoms with Crippen LogP contribution in [-0.4, -0.2) is 36.9 Å². The average molecular weight is 229 g/mol. The number of hydrogen-bond acceptors (Lipinski definition) is 4. The number of aliphatic hydroxyl groups excluding tert-OH is 1. The van der Waals surface area contributed by atoms with E-state index in [9.17, 15) is 9.90 Å². The number of nitrogens with one attached hydrogen (secondary N) is 1. The van der Waals surface area contributed by atoms with Crippen molar-refractivity contribution >= 4 is 5.97 Å². The highest BCUT2D eigenvalue weighted by molar-refractivity contribution is 5.71. The van der Waals surface area contributed by atoms with Gasteiger partial charge in [0.1, 0.15) is 0 Å². The summed E-state index contributed by atoms with van der Waals surface area (Å²) < 4.78 is 5.02. The van der Waals surface area contributed by atoms with Gasteiger partial charge in [-0.25, -0.2) is 0 Å². The van der Waals surface area contributed by atoms with Crippen molar-refractivity contribution < 1.29 is 14.6 Å². The Balaban J connectivity index is 2.21. The van der Waals surface area contributed by atoms with Crippen LogP contribution < -0.4 is 5.32 Å². The molecule has 1 aliphatic carbocycles. The summed E-state index contributed by atoms with van der Waals surface area (Å²) in [5.74, 6) is -0.221. The van der Waals surface area contributed by atoms with Gasteiger partial charge in [0.15, 0.2) is 0 Å². The molecule has 0 aromatic rings. The van der Waals surface area contributed by atoms with Crippen molar-refractivity contribution in [3.8, 4) is 0 Å². The third-order valence-electron chi connectivity index (χ3n) is 3.14. The fraction of sp³-hybridized carbons (Fsp3) is 0.917. The van der Waals surface area contributed by atoms with Gasteiger partial charge < -0.3 is 15.2 Å². The van der Waals surface area contributed by atoms with Gasteiger partial charge >= 0.3 is 5.97 Å². The van der Waals surface area contributed by atoms with Crippen molar-refractivity contribution in [2.45, 2.75) is 45.6 Å². The molecule has 0 spiro atoms. The molecule has 0 aromatic carbocycles. The molecule has 0 atom stereocenters. The molecule has 4 heteroatoms. The van der Waals surface area contributed by atoms with Gasteiger partial charge in [0.25, 0.3) is 0 Å². The molecule has 0 heterocycles. The van der Waals surface area contributed by atoms with E-state index in [1.807, 2.05) is 13.8 Å². The maximum Gasteiger partial charge on any atom is 0.320 e. The summed E-state index contributed by atoms with van der Waals surface area (Å²) in [7, 11) is 0. The monoisotopic (exact) mass is 229 g/mol. The minimum absolute atomic E-state index is 0.00187. The second kappa shape index (κ2) is 6.21. The third kappa shape index (κ3) is 4.10. The predicted molar refractivity (Wildman–Crippen MR) is 62.1 cm³/mol. The second-order valence-corrected chi connectivity index (χ2v) is 5.01. The van der Waals surface area contributed by atoms with Crippen LogP contribution in [-0.2, 0) is 9.53 Å². The first-order valence-electron chi connectivity index (χ1n) is 6.09. The van der Waals surface area contributed by atoms with Gasteiger partial charge in [-0.3, -0.25) is 4.79 Å². The maximum atomic E-state index is 11.3. The zero-order valence-corrected chi connectivity index (χ0v) is 10.3. The van der Waals surface area contributed by atoms with E-state index in [1.54, 1.807) is 0 Å². The van der Waals surface area contributed by atoms with Crippen LogP contribution >= 0.6 is 0 Å². The fourth-order valence-corrected chi connectivity index (χ4v) is 2.25. The molecular weight excluding hydrogens is 206 g/mol. The molecule has 4 nitrogen and oxygen atoms in total. The van der Waals surface area contributed by atoms with Gasteiger partial charge in [-0.2, -0.15) is 0 Å². The summed E-state index contributed by atoms with van der Waals surface area (Å²) in [6.45, 7) is 4.82.